The first-order valence-corrected chi connectivity index (χ1v) is 2.71. The number of amides is 1. The van der Waals surface area contributed by atoms with E-state index in [-0.39, 0.29) is 12.1 Å². The molecule has 1 aliphatic heterocycles. The fraction of sp³-hybridized carbons (Fsp3) is 0.600. The van der Waals surface area contributed by atoms with Crippen LogP contribution in [-0.2, 0) is 14.3 Å². The third kappa shape index (κ3) is 1.42. The number of nitrogens with one attached hydrogen (secondary N) is 1. The van der Waals surface area contributed by atoms with Gasteiger partial charge in [-0.3, -0.25) is 9.59 Å². The van der Waals surface area contributed by atoms with Crippen LogP contribution >= 0.6 is 0 Å². The fourth-order valence-corrected chi connectivity index (χ4v) is 0.755. The van der Waals surface area contributed by atoms with Crippen molar-refractivity contribution in [3.63, 3.8) is 0 Å². The predicted molar refractivity (Wildman–Crippen MR) is 28.3 cm³/mol. The second-order valence-electron chi connectivity index (χ2n) is 1.83. The number of hydrogen-bond donors (Lipinski definition) is 1. The van der Waals surface area contributed by atoms with Crippen molar-refractivity contribution in [2.75, 3.05) is 0 Å². The van der Waals surface area contributed by atoms with Crippen LogP contribution in [0, 0.1) is 0 Å². The minimum Gasteiger partial charge on any atom is -0.444 e. The summed E-state index contributed by atoms with van der Waals surface area (Å²) in [6.45, 7) is 0.344. The Kier molecular flexibility index (Phi) is 1.67. The molecule has 0 aromatic rings. The summed E-state index contributed by atoms with van der Waals surface area (Å²) in [5.41, 5.74) is 0. The van der Waals surface area contributed by atoms with E-state index in [9.17, 15) is 9.59 Å². The van der Waals surface area contributed by atoms with E-state index in [0.717, 1.165) is 0 Å². The predicted octanol–water partition coefficient (Wildman–Crippen LogP) is -0.605. The highest BCUT2D eigenvalue weighted by atomic mass is 16.5. The summed E-state index contributed by atoms with van der Waals surface area (Å²) < 4.78 is 4.46. The summed E-state index contributed by atoms with van der Waals surface area (Å²) in [5, 5.41) is 2.46. The molecular formula is C5H7NO3. The van der Waals surface area contributed by atoms with Crippen molar-refractivity contribution in [1.82, 2.24) is 5.32 Å². The molecule has 0 aromatic heterocycles. The molecule has 1 saturated heterocycles. The Hall–Kier alpha value is -1.06. The lowest BCUT2D eigenvalue weighted by atomic mass is 10.4. The monoisotopic (exact) mass is 129 g/mol. The van der Waals surface area contributed by atoms with Crippen LogP contribution in [0.4, 0.5) is 0 Å². The maximum Gasteiger partial charge on any atom is 0.295 e. The molecule has 9 heavy (non-hydrogen) atoms. The third-order valence-corrected chi connectivity index (χ3v) is 1.18. The Morgan fingerprint density at radius 3 is 3.00 bits per heavy atom. The number of hydrogen-bond acceptors (Lipinski definition) is 3. The van der Waals surface area contributed by atoms with Crippen LogP contribution in [0.15, 0.2) is 0 Å². The second kappa shape index (κ2) is 2.48. The van der Waals surface area contributed by atoms with E-state index in [1.54, 1.807) is 0 Å². The van der Waals surface area contributed by atoms with Crippen molar-refractivity contribution < 1.29 is 14.3 Å². The maximum absolute atomic E-state index is 10.4. The molecule has 1 heterocycles. The molecule has 0 spiro atoms. The van der Waals surface area contributed by atoms with Gasteiger partial charge in [0.25, 0.3) is 6.47 Å². The first-order chi connectivity index (χ1) is 4.33. The normalized spacial score (nSPS) is 25.3. The summed E-state index contributed by atoms with van der Waals surface area (Å²) in [5.74, 6) is -0.0538. The van der Waals surface area contributed by atoms with E-state index in [1.165, 1.54) is 0 Å². The zero-order valence-electron chi connectivity index (χ0n) is 4.79. The lowest BCUT2D eigenvalue weighted by Crippen LogP contribution is -2.27. The summed E-state index contributed by atoms with van der Waals surface area (Å²) >= 11 is 0. The molecule has 1 amide bonds. The topological polar surface area (TPSA) is 55.4 Å². The van der Waals surface area contributed by atoms with Crippen LogP contribution < -0.4 is 5.32 Å². The van der Waals surface area contributed by atoms with Gasteiger partial charge in [0.1, 0.15) is 0 Å². The van der Waals surface area contributed by atoms with Crippen molar-refractivity contribution in [3.8, 4) is 0 Å². The van der Waals surface area contributed by atoms with Gasteiger partial charge >= 0.3 is 0 Å². The van der Waals surface area contributed by atoms with Gasteiger partial charge in [-0.25, -0.2) is 0 Å². The number of carbonyl (C=O) groups is 2. The Labute approximate surface area is 52.2 Å². The minimum atomic E-state index is -0.380. The maximum atomic E-state index is 10.4. The fourth-order valence-electron chi connectivity index (χ4n) is 0.755. The van der Waals surface area contributed by atoms with Crippen molar-refractivity contribution >= 4 is 12.4 Å². The lowest BCUT2D eigenvalue weighted by molar-refractivity contribution is -0.135. The summed E-state index contributed by atoms with van der Waals surface area (Å²) in [6.07, 6.45) is 0.672. The first-order valence-electron chi connectivity index (χ1n) is 2.71. The van der Waals surface area contributed by atoms with Crippen molar-refractivity contribution in [2.24, 2.45) is 0 Å². The molecule has 1 fully saturated rings. The van der Waals surface area contributed by atoms with Gasteiger partial charge in [0, 0.05) is 12.8 Å². The van der Waals surface area contributed by atoms with Gasteiger partial charge in [-0.2, -0.15) is 0 Å². The molecule has 1 aliphatic rings. The van der Waals surface area contributed by atoms with Crippen LogP contribution in [0.25, 0.3) is 0 Å². The van der Waals surface area contributed by atoms with Crippen molar-refractivity contribution in [2.45, 2.75) is 19.1 Å². The second-order valence-corrected chi connectivity index (χ2v) is 1.83. The molecule has 0 unspecified atom stereocenters. The highest BCUT2D eigenvalue weighted by Crippen LogP contribution is 2.05. The molecule has 0 aromatic carbocycles. The van der Waals surface area contributed by atoms with Crippen LogP contribution in [0.1, 0.15) is 12.8 Å². The number of ether oxygens (including phenoxy) is 1. The number of rotatable bonds is 2. The Balaban J connectivity index is 2.29. The molecule has 1 rings (SSSR count). The third-order valence-electron chi connectivity index (χ3n) is 1.18. The molecule has 1 N–H and O–H groups in total. The Morgan fingerprint density at radius 2 is 2.56 bits per heavy atom. The van der Waals surface area contributed by atoms with Gasteiger partial charge < -0.3 is 10.1 Å². The van der Waals surface area contributed by atoms with Crippen LogP contribution in [0.3, 0.4) is 0 Å². The average Bonchev–Trinajstić information content (AvgIpc) is 2.17. The van der Waals surface area contributed by atoms with Gasteiger partial charge in [0.05, 0.1) is 0 Å². The largest absolute Gasteiger partial charge is 0.444 e. The van der Waals surface area contributed by atoms with E-state index in [4.69, 9.17) is 0 Å². The van der Waals surface area contributed by atoms with Gasteiger partial charge in [0.2, 0.25) is 5.91 Å². The number of carbonyl (C=O) groups excluding carboxylic acids is 2. The standard InChI is InChI=1S/C5H7NO3/c7-3-9-5-2-1-4(8)6-5/h3,5H,1-2H2,(H,6,8)/t5-/m1/s1. The van der Waals surface area contributed by atoms with Gasteiger partial charge in [-0.05, 0) is 0 Å². The van der Waals surface area contributed by atoms with E-state index in [2.05, 4.69) is 10.1 Å². The molecule has 4 nitrogen and oxygen atoms in total. The van der Waals surface area contributed by atoms with Gasteiger partial charge in [-0.15, -0.1) is 0 Å². The molecule has 0 aliphatic carbocycles. The first kappa shape index (κ1) is 6.07. The van der Waals surface area contributed by atoms with E-state index < -0.39 is 0 Å². The van der Waals surface area contributed by atoms with Crippen molar-refractivity contribution in [3.05, 3.63) is 0 Å². The summed E-state index contributed by atoms with van der Waals surface area (Å²) in [4.78, 5) is 20.1. The summed E-state index contributed by atoms with van der Waals surface area (Å²) in [7, 11) is 0. The molecule has 0 radical (unpaired) electrons. The van der Waals surface area contributed by atoms with Gasteiger partial charge in [0.15, 0.2) is 6.23 Å². The van der Waals surface area contributed by atoms with E-state index in [0.29, 0.717) is 19.3 Å². The quantitative estimate of drug-likeness (QED) is 0.506. The van der Waals surface area contributed by atoms with Crippen LogP contribution in [0.2, 0.25) is 0 Å². The summed E-state index contributed by atoms with van der Waals surface area (Å²) in [6, 6.07) is 0. The molecule has 0 bridgehead atoms. The van der Waals surface area contributed by atoms with Crippen molar-refractivity contribution in [1.29, 1.82) is 0 Å². The van der Waals surface area contributed by atoms with Gasteiger partial charge in [-0.1, -0.05) is 0 Å². The molecule has 50 valence electrons. The molecular weight excluding hydrogens is 122 g/mol. The Morgan fingerprint density at radius 1 is 1.78 bits per heavy atom. The highest BCUT2D eigenvalue weighted by Gasteiger charge is 2.20. The zero-order chi connectivity index (χ0) is 6.69. The van der Waals surface area contributed by atoms with Crippen LogP contribution in [-0.4, -0.2) is 18.6 Å². The highest BCUT2D eigenvalue weighted by molar-refractivity contribution is 5.78. The van der Waals surface area contributed by atoms with E-state index in [1.807, 2.05) is 0 Å². The lowest BCUT2D eigenvalue weighted by Gasteiger charge is -2.04. The van der Waals surface area contributed by atoms with E-state index >= 15 is 0 Å². The Bertz CT molecular complexity index is 134. The smallest absolute Gasteiger partial charge is 0.295 e. The SMILES string of the molecule is O=CO[C@@H]1CCC(=O)N1. The molecule has 0 saturated carbocycles. The van der Waals surface area contributed by atoms with Crippen LogP contribution in [0.5, 0.6) is 0 Å². The molecule has 4 heteroatoms. The minimum absolute atomic E-state index is 0.0538. The zero-order valence-corrected chi connectivity index (χ0v) is 4.79. The average molecular weight is 129 g/mol. The molecule has 1 atom stereocenters.